The number of anilines is 1. The number of imidazole rings is 1. The third kappa shape index (κ3) is 5.23. The van der Waals surface area contributed by atoms with E-state index in [4.69, 9.17) is 5.26 Å². The van der Waals surface area contributed by atoms with Gasteiger partial charge in [0.1, 0.15) is 11.8 Å². The van der Waals surface area contributed by atoms with Gasteiger partial charge in [-0.2, -0.15) is 5.26 Å². The van der Waals surface area contributed by atoms with Gasteiger partial charge in [0.15, 0.2) is 5.82 Å². The maximum absolute atomic E-state index is 13.0. The standard InChI is InChI=1S/C30H40N6O/c1-4-35-15-17-36(18-16-35)30(11-5-6-12-30)23-7-8-26(34-28(37)27-32-21-24(20-31)33-27)25(19-23)22-9-13-29(2,3)14-10-22/h7-9,19,21H,4-6,10-18H2,1-3H3,(H,32,33)(H,34,37). The van der Waals surface area contributed by atoms with E-state index < -0.39 is 0 Å². The van der Waals surface area contributed by atoms with E-state index in [-0.39, 0.29) is 23.0 Å². The molecule has 2 aromatic rings. The summed E-state index contributed by atoms with van der Waals surface area (Å²) in [5.74, 6) is -0.162. The number of rotatable bonds is 6. The molecule has 1 amide bonds. The molecule has 7 nitrogen and oxygen atoms in total. The number of hydrogen-bond donors (Lipinski definition) is 2. The monoisotopic (exact) mass is 500 g/mol. The Hall–Kier alpha value is -2.95. The highest BCUT2D eigenvalue weighted by Gasteiger charge is 2.42. The molecule has 37 heavy (non-hydrogen) atoms. The molecule has 7 heteroatoms. The van der Waals surface area contributed by atoms with Crippen LogP contribution in [0.1, 0.15) is 93.2 Å². The predicted molar refractivity (Wildman–Crippen MR) is 147 cm³/mol. The van der Waals surface area contributed by atoms with Gasteiger partial charge >= 0.3 is 0 Å². The van der Waals surface area contributed by atoms with Crippen LogP contribution in [0.25, 0.3) is 5.57 Å². The van der Waals surface area contributed by atoms with E-state index in [2.05, 4.69) is 70.1 Å². The minimum absolute atomic E-state index is 0.0777. The van der Waals surface area contributed by atoms with Crippen LogP contribution in [0.2, 0.25) is 0 Å². The molecule has 196 valence electrons. The molecule has 5 rings (SSSR count). The Labute approximate surface area is 220 Å². The Morgan fingerprint density at radius 3 is 2.54 bits per heavy atom. The maximum atomic E-state index is 13.0. The minimum Gasteiger partial charge on any atom is -0.326 e. The second-order valence-corrected chi connectivity index (χ2v) is 11.7. The predicted octanol–water partition coefficient (Wildman–Crippen LogP) is 5.53. The van der Waals surface area contributed by atoms with Crippen molar-refractivity contribution in [3.8, 4) is 6.07 Å². The van der Waals surface area contributed by atoms with Crippen molar-refractivity contribution in [3.63, 3.8) is 0 Å². The molecule has 1 aromatic heterocycles. The van der Waals surface area contributed by atoms with E-state index in [0.717, 1.165) is 63.2 Å². The lowest BCUT2D eigenvalue weighted by Crippen LogP contribution is -2.54. The summed E-state index contributed by atoms with van der Waals surface area (Å²) in [6.45, 7) is 12.5. The molecule has 1 aromatic carbocycles. The van der Waals surface area contributed by atoms with Crippen LogP contribution in [0.15, 0.2) is 30.5 Å². The number of aromatic amines is 1. The summed E-state index contributed by atoms with van der Waals surface area (Å²) in [7, 11) is 0. The van der Waals surface area contributed by atoms with Crippen LogP contribution >= 0.6 is 0 Å². The average molecular weight is 501 g/mol. The lowest BCUT2D eigenvalue weighted by molar-refractivity contribution is 0.0339. The Morgan fingerprint density at radius 2 is 1.92 bits per heavy atom. The van der Waals surface area contributed by atoms with Crippen LogP contribution in [0.5, 0.6) is 0 Å². The number of hydrogen-bond acceptors (Lipinski definition) is 5. The first-order chi connectivity index (χ1) is 17.8. The van der Waals surface area contributed by atoms with Gasteiger partial charge in [0, 0.05) is 43.0 Å². The number of carbonyl (C=O) groups is 1. The van der Waals surface area contributed by atoms with Gasteiger partial charge in [0.25, 0.3) is 5.91 Å². The van der Waals surface area contributed by atoms with Crippen molar-refractivity contribution < 1.29 is 4.79 Å². The van der Waals surface area contributed by atoms with E-state index in [1.54, 1.807) is 0 Å². The number of nitrogens with zero attached hydrogens (tertiary/aromatic N) is 4. The fraction of sp³-hybridized carbons (Fsp3) is 0.567. The SMILES string of the molecule is CCN1CCN(C2(c3ccc(NC(=O)c4ncc(C#N)[nH]4)c(C4=CCC(C)(C)CC4)c3)CCCC2)CC1. The van der Waals surface area contributed by atoms with Crippen LogP contribution in [0.3, 0.4) is 0 Å². The van der Waals surface area contributed by atoms with Crippen LogP contribution in [-0.2, 0) is 5.54 Å². The van der Waals surface area contributed by atoms with Gasteiger partial charge in [-0.3, -0.25) is 9.69 Å². The highest BCUT2D eigenvalue weighted by molar-refractivity contribution is 6.03. The zero-order chi connectivity index (χ0) is 26.0. The summed E-state index contributed by atoms with van der Waals surface area (Å²) in [5.41, 5.74) is 5.32. The molecule has 1 saturated carbocycles. The first-order valence-electron chi connectivity index (χ1n) is 13.9. The second-order valence-electron chi connectivity index (χ2n) is 11.7. The van der Waals surface area contributed by atoms with Gasteiger partial charge in [-0.05, 0) is 67.3 Å². The van der Waals surface area contributed by atoms with Crippen molar-refractivity contribution in [1.82, 2.24) is 19.8 Å². The van der Waals surface area contributed by atoms with Crippen LogP contribution in [0.4, 0.5) is 5.69 Å². The van der Waals surface area contributed by atoms with E-state index in [1.165, 1.54) is 43.0 Å². The molecule has 0 unspecified atom stereocenters. The lowest BCUT2D eigenvalue weighted by atomic mass is 9.76. The van der Waals surface area contributed by atoms with Gasteiger partial charge in [-0.25, -0.2) is 4.98 Å². The lowest BCUT2D eigenvalue weighted by Gasteiger charge is -2.46. The molecule has 2 heterocycles. The summed E-state index contributed by atoms with van der Waals surface area (Å²) in [6, 6.07) is 8.72. The Kier molecular flexibility index (Phi) is 7.24. The van der Waals surface area contributed by atoms with E-state index >= 15 is 0 Å². The largest absolute Gasteiger partial charge is 0.326 e. The van der Waals surface area contributed by atoms with Crippen LogP contribution in [-0.4, -0.2) is 58.4 Å². The zero-order valence-corrected chi connectivity index (χ0v) is 22.6. The minimum atomic E-state index is -0.321. The number of amides is 1. The number of H-pyrrole nitrogens is 1. The Balaban J connectivity index is 1.50. The van der Waals surface area contributed by atoms with Crippen molar-refractivity contribution >= 4 is 17.2 Å². The Morgan fingerprint density at radius 1 is 1.16 bits per heavy atom. The quantitative estimate of drug-likeness (QED) is 0.544. The summed E-state index contributed by atoms with van der Waals surface area (Å²) >= 11 is 0. The molecule has 0 spiro atoms. The van der Waals surface area contributed by atoms with Gasteiger partial charge < -0.3 is 15.2 Å². The first-order valence-corrected chi connectivity index (χ1v) is 13.9. The average Bonchev–Trinajstić information content (AvgIpc) is 3.60. The molecule has 0 radical (unpaired) electrons. The highest BCUT2D eigenvalue weighted by Crippen LogP contribution is 2.47. The number of nitrogens with one attached hydrogen (secondary N) is 2. The molecule has 2 fully saturated rings. The zero-order valence-electron chi connectivity index (χ0n) is 22.6. The third-order valence-electron chi connectivity index (χ3n) is 8.89. The van der Waals surface area contributed by atoms with E-state index in [0.29, 0.717) is 5.41 Å². The first kappa shape index (κ1) is 25.7. The second kappa shape index (κ2) is 10.4. The van der Waals surface area contributed by atoms with Crippen LogP contribution < -0.4 is 5.32 Å². The molecule has 1 aliphatic heterocycles. The third-order valence-corrected chi connectivity index (χ3v) is 8.89. The molecule has 2 N–H and O–H groups in total. The van der Waals surface area contributed by atoms with Gasteiger partial charge in [0.2, 0.25) is 0 Å². The maximum Gasteiger partial charge on any atom is 0.291 e. The van der Waals surface area contributed by atoms with Crippen molar-refractivity contribution in [2.24, 2.45) is 5.41 Å². The number of carbonyl (C=O) groups excluding carboxylic acids is 1. The molecule has 1 saturated heterocycles. The number of likely N-dealkylation sites (N-methyl/N-ethyl adjacent to an activating group) is 1. The number of piperazine rings is 1. The highest BCUT2D eigenvalue weighted by atomic mass is 16.2. The van der Waals surface area contributed by atoms with Crippen LogP contribution in [0, 0.1) is 16.7 Å². The van der Waals surface area contributed by atoms with Crippen molar-refractivity contribution in [1.29, 1.82) is 5.26 Å². The normalized spacial score (nSPS) is 21.8. The topological polar surface area (TPSA) is 88.0 Å². The molecular weight excluding hydrogens is 460 g/mol. The fourth-order valence-corrected chi connectivity index (χ4v) is 6.44. The molecular formula is C30H40N6O. The Bertz CT molecular complexity index is 1200. The number of allylic oxidation sites excluding steroid dienone is 2. The van der Waals surface area contributed by atoms with Crippen molar-refractivity contribution in [3.05, 3.63) is 53.1 Å². The molecule has 3 aliphatic rings. The fourth-order valence-electron chi connectivity index (χ4n) is 6.44. The van der Waals surface area contributed by atoms with Gasteiger partial charge in [-0.1, -0.05) is 45.8 Å². The van der Waals surface area contributed by atoms with Gasteiger partial charge in [0.05, 0.1) is 6.20 Å². The van der Waals surface area contributed by atoms with Gasteiger partial charge in [-0.15, -0.1) is 0 Å². The summed E-state index contributed by atoms with van der Waals surface area (Å²) < 4.78 is 0. The smallest absolute Gasteiger partial charge is 0.291 e. The summed E-state index contributed by atoms with van der Waals surface area (Å²) in [6.07, 6.45) is 11.8. The molecule has 0 bridgehead atoms. The van der Waals surface area contributed by atoms with Crippen molar-refractivity contribution in [2.45, 2.75) is 71.3 Å². The summed E-state index contributed by atoms with van der Waals surface area (Å²) in [4.78, 5) is 25.2. The van der Waals surface area contributed by atoms with E-state index in [9.17, 15) is 4.79 Å². The molecule has 2 aliphatic carbocycles. The summed E-state index contributed by atoms with van der Waals surface area (Å²) in [5, 5.41) is 12.2. The number of aromatic nitrogens is 2. The number of benzene rings is 1. The van der Waals surface area contributed by atoms with E-state index in [1.807, 2.05) is 6.07 Å². The molecule has 0 atom stereocenters. The number of nitriles is 1. The van der Waals surface area contributed by atoms with Crippen molar-refractivity contribution in [2.75, 3.05) is 38.0 Å².